The van der Waals surface area contributed by atoms with Gasteiger partial charge in [0, 0.05) is 12.7 Å². The standard InChI is InChI=1S/C18H16O6/c1-21-9-12-3-2-4-14(7-12)18(20)22-10-15(19)13-5-6-16-17(8-13)24-11-23-16/h2-8H,9-11H2,1H3. The summed E-state index contributed by atoms with van der Waals surface area (Å²) in [5.41, 5.74) is 1.64. The van der Waals surface area contributed by atoms with Crippen LogP contribution in [0.25, 0.3) is 0 Å². The van der Waals surface area contributed by atoms with Gasteiger partial charge in [-0.25, -0.2) is 4.79 Å². The summed E-state index contributed by atoms with van der Waals surface area (Å²) in [6.07, 6.45) is 0. The molecule has 1 aliphatic heterocycles. The first-order chi connectivity index (χ1) is 11.7. The molecule has 0 aliphatic carbocycles. The maximum absolute atomic E-state index is 12.2. The molecule has 0 saturated heterocycles. The molecule has 0 amide bonds. The summed E-state index contributed by atoms with van der Waals surface area (Å²) in [5.74, 6) is 0.245. The first-order valence-corrected chi connectivity index (χ1v) is 7.35. The number of methoxy groups -OCH3 is 1. The Morgan fingerprint density at radius 3 is 2.71 bits per heavy atom. The summed E-state index contributed by atoms with van der Waals surface area (Å²) in [6.45, 7) is 0.198. The van der Waals surface area contributed by atoms with Gasteiger partial charge in [0.05, 0.1) is 12.2 Å². The molecule has 0 N–H and O–H groups in total. The number of carbonyl (C=O) groups is 2. The first-order valence-electron chi connectivity index (χ1n) is 7.35. The minimum atomic E-state index is -0.554. The average Bonchev–Trinajstić information content (AvgIpc) is 3.07. The fourth-order valence-electron chi connectivity index (χ4n) is 2.32. The Morgan fingerprint density at radius 2 is 1.88 bits per heavy atom. The maximum atomic E-state index is 12.2. The molecule has 0 atom stereocenters. The van der Waals surface area contributed by atoms with Gasteiger partial charge in [0.2, 0.25) is 6.79 Å². The number of esters is 1. The number of hydrogen-bond acceptors (Lipinski definition) is 6. The highest BCUT2D eigenvalue weighted by Crippen LogP contribution is 2.32. The Labute approximate surface area is 138 Å². The van der Waals surface area contributed by atoms with Crippen LogP contribution in [-0.4, -0.2) is 32.3 Å². The molecule has 1 heterocycles. The molecule has 6 heteroatoms. The zero-order chi connectivity index (χ0) is 16.9. The van der Waals surface area contributed by atoms with Crippen LogP contribution in [0.5, 0.6) is 11.5 Å². The Morgan fingerprint density at radius 1 is 1.04 bits per heavy atom. The van der Waals surface area contributed by atoms with E-state index in [9.17, 15) is 9.59 Å². The molecule has 6 nitrogen and oxygen atoms in total. The number of carbonyl (C=O) groups excluding carboxylic acids is 2. The molecule has 2 aromatic rings. The van der Waals surface area contributed by atoms with E-state index in [2.05, 4.69) is 0 Å². The highest BCUT2D eigenvalue weighted by atomic mass is 16.7. The van der Waals surface area contributed by atoms with E-state index in [4.69, 9.17) is 18.9 Å². The van der Waals surface area contributed by atoms with E-state index in [0.29, 0.717) is 29.2 Å². The number of ketones is 1. The molecule has 2 aromatic carbocycles. The third-order valence-corrected chi connectivity index (χ3v) is 3.50. The fraction of sp³-hybridized carbons (Fsp3) is 0.222. The Bertz CT molecular complexity index is 768. The lowest BCUT2D eigenvalue weighted by molar-refractivity contribution is 0.0474. The molecule has 3 rings (SSSR count). The van der Waals surface area contributed by atoms with Crippen LogP contribution in [0.4, 0.5) is 0 Å². The van der Waals surface area contributed by atoms with Crippen LogP contribution in [0.3, 0.4) is 0 Å². The van der Waals surface area contributed by atoms with E-state index in [1.165, 1.54) is 0 Å². The first kappa shape index (κ1) is 16.0. The molecule has 0 unspecified atom stereocenters. The average molecular weight is 328 g/mol. The van der Waals surface area contributed by atoms with Gasteiger partial charge in [-0.15, -0.1) is 0 Å². The van der Waals surface area contributed by atoms with Crippen molar-refractivity contribution in [3.05, 3.63) is 59.2 Å². The van der Waals surface area contributed by atoms with Gasteiger partial charge < -0.3 is 18.9 Å². The van der Waals surface area contributed by atoms with Crippen molar-refractivity contribution in [2.75, 3.05) is 20.5 Å². The lowest BCUT2D eigenvalue weighted by Crippen LogP contribution is -2.14. The molecular formula is C18H16O6. The van der Waals surface area contributed by atoms with Crippen molar-refractivity contribution < 1.29 is 28.5 Å². The van der Waals surface area contributed by atoms with Gasteiger partial charge in [-0.05, 0) is 35.9 Å². The third kappa shape index (κ3) is 3.55. The van der Waals surface area contributed by atoms with Crippen LogP contribution in [0.15, 0.2) is 42.5 Å². The largest absolute Gasteiger partial charge is 0.454 e. The van der Waals surface area contributed by atoms with Crippen molar-refractivity contribution in [2.45, 2.75) is 6.61 Å². The number of rotatable bonds is 6. The van der Waals surface area contributed by atoms with Gasteiger partial charge >= 0.3 is 5.97 Å². The Balaban J connectivity index is 1.61. The minimum absolute atomic E-state index is 0.139. The van der Waals surface area contributed by atoms with E-state index in [0.717, 1.165) is 5.56 Å². The van der Waals surface area contributed by atoms with Crippen molar-refractivity contribution in [3.8, 4) is 11.5 Å². The van der Waals surface area contributed by atoms with Crippen LogP contribution >= 0.6 is 0 Å². The van der Waals surface area contributed by atoms with E-state index >= 15 is 0 Å². The molecule has 0 spiro atoms. The second-order valence-corrected chi connectivity index (χ2v) is 5.20. The van der Waals surface area contributed by atoms with E-state index in [1.807, 2.05) is 6.07 Å². The highest BCUT2D eigenvalue weighted by Gasteiger charge is 2.17. The van der Waals surface area contributed by atoms with Crippen LogP contribution in [0, 0.1) is 0 Å². The number of ether oxygens (including phenoxy) is 4. The smallest absolute Gasteiger partial charge is 0.338 e. The lowest BCUT2D eigenvalue weighted by atomic mass is 10.1. The second-order valence-electron chi connectivity index (χ2n) is 5.20. The summed E-state index contributed by atoms with van der Waals surface area (Å²) in [6, 6.07) is 11.7. The predicted molar refractivity (Wildman–Crippen MR) is 84.3 cm³/mol. The summed E-state index contributed by atoms with van der Waals surface area (Å²) < 4.78 is 20.5. The Kier molecular flexibility index (Phi) is 4.77. The molecule has 24 heavy (non-hydrogen) atoms. The molecule has 124 valence electrons. The zero-order valence-electron chi connectivity index (χ0n) is 13.1. The second kappa shape index (κ2) is 7.14. The number of hydrogen-bond donors (Lipinski definition) is 0. The summed E-state index contributed by atoms with van der Waals surface area (Å²) >= 11 is 0. The van der Waals surface area contributed by atoms with Crippen LogP contribution in [0.1, 0.15) is 26.3 Å². The SMILES string of the molecule is COCc1cccc(C(=O)OCC(=O)c2ccc3c(c2)OCO3)c1. The summed E-state index contributed by atoms with van der Waals surface area (Å²) in [5, 5.41) is 0. The molecule has 0 fully saturated rings. The normalized spacial score (nSPS) is 12.0. The molecule has 0 aromatic heterocycles. The maximum Gasteiger partial charge on any atom is 0.338 e. The van der Waals surface area contributed by atoms with Gasteiger partial charge in [-0.1, -0.05) is 12.1 Å². The third-order valence-electron chi connectivity index (χ3n) is 3.50. The summed E-state index contributed by atoms with van der Waals surface area (Å²) in [7, 11) is 1.58. The topological polar surface area (TPSA) is 71.1 Å². The van der Waals surface area contributed by atoms with Crippen molar-refractivity contribution in [1.82, 2.24) is 0 Å². The van der Waals surface area contributed by atoms with E-state index < -0.39 is 5.97 Å². The molecule has 1 aliphatic rings. The fourth-order valence-corrected chi connectivity index (χ4v) is 2.32. The summed E-state index contributed by atoms with van der Waals surface area (Å²) in [4.78, 5) is 24.2. The Hall–Kier alpha value is -2.86. The van der Waals surface area contributed by atoms with Crippen molar-refractivity contribution >= 4 is 11.8 Å². The molecular weight excluding hydrogens is 312 g/mol. The van der Waals surface area contributed by atoms with E-state index in [1.54, 1.807) is 43.5 Å². The molecule has 0 bridgehead atoms. The van der Waals surface area contributed by atoms with Gasteiger partial charge in [0.25, 0.3) is 0 Å². The monoisotopic (exact) mass is 328 g/mol. The van der Waals surface area contributed by atoms with Crippen LogP contribution < -0.4 is 9.47 Å². The highest BCUT2D eigenvalue weighted by molar-refractivity contribution is 5.99. The number of benzene rings is 2. The van der Waals surface area contributed by atoms with Crippen molar-refractivity contribution in [2.24, 2.45) is 0 Å². The van der Waals surface area contributed by atoms with Gasteiger partial charge in [-0.3, -0.25) is 4.79 Å². The predicted octanol–water partition coefficient (Wildman–Crippen LogP) is 2.60. The number of Topliss-reactive ketones (excluding diaryl/α,β-unsaturated/α-hetero) is 1. The van der Waals surface area contributed by atoms with Gasteiger partial charge in [-0.2, -0.15) is 0 Å². The van der Waals surface area contributed by atoms with Crippen molar-refractivity contribution in [1.29, 1.82) is 0 Å². The van der Waals surface area contributed by atoms with Gasteiger partial charge in [0.1, 0.15) is 0 Å². The van der Waals surface area contributed by atoms with Crippen LogP contribution in [-0.2, 0) is 16.1 Å². The quantitative estimate of drug-likeness (QED) is 0.599. The molecule has 0 saturated carbocycles. The number of fused-ring (bicyclic) bond motifs is 1. The molecule has 0 radical (unpaired) electrons. The van der Waals surface area contributed by atoms with Crippen molar-refractivity contribution in [3.63, 3.8) is 0 Å². The minimum Gasteiger partial charge on any atom is -0.454 e. The zero-order valence-corrected chi connectivity index (χ0v) is 13.1. The van der Waals surface area contributed by atoms with E-state index in [-0.39, 0.29) is 19.2 Å². The lowest BCUT2D eigenvalue weighted by Gasteiger charge is -2.06. The van der Waals surface area contributed by atoms with Gasteiger partial charge in [0.15, 0.2) is 23.9 Å². The van der Waals surface area contributed by atoms with Crippen LogP contribution in [0.2, 0.25) is 0 Å².